The molecule has 4 N–H and O–H groups in total. The SMILES string of the molecule is [Mo+2].[NH4+].[O-]B([O-])[O-]. The number of hydrogen-bond donors (Lipinski definition) is 1. The summed E-state index contributed by atoms with van der Waals surface area (Å²) < 4.78 is 0. The van der Waals surface area contributed by atoms with Gasteiger partial charge in [0, 0.05) is 0 Å². The van der Waals surface area contributed by atoms with E-state index >= 15 is 0 Å². The Kier molecular flexibility index (Phi) is 24.3. The molecule has 0 aromatic carbocycles. The predicted octanol–water partition coefficient (Wildman–Crippen LogP) is -3.57. The first-order valence-electron chi connectivity index (χ1n) is 0.707. The number of quaternary nitrogens is 1. The van der Waals surface area contributed by atoms with Crippen molar-refractivity contribution in [3.8, 4) is 0 Å². The summed E-state index contributed by atoms with van der Waals surface area (Å²) in [5.74, 6) is 0. The summed E-state index contributed by atoms with van der Waals surface area (Å²) in [5.41, 5.74) is 0. The van der Waals surface area contributed by atoms with Gasteiger partial charge in [0.15, 0.2) is 0 Å². The van der Waals surface area contributed by atoms with E-state index in [1.165, 1.54) is 0 Å². The molecule has 0 saturated heterocycles. The van der Waals surface area contributed by atoms with Gasteiger partial charge in [-0.15, -0.1) is 0 Å². The zero-order chi connectivity index (χ0) is 3.58. The fraction of sp³-hybridized carbons (Fsp3) is 0. The molecule has 0 atom stereocenters. The van der Waals surface area contributed by atoms with Gasteiger partial charge in [-0.05, 0) is 0 Å². The summed E-state index contributed by atoms with van der Waals surface area (Å²) in [7, 11) is -2.92. The largest absolute Gasteiger partial charge is 2.00 e. The first-order chi connectivity index (χ1) is 1.73. The van der Waals surface area contributed by atoms with Gasteiger partial charge in [-0.1, -0.05) is 0 Å². The average Bonchev–Trinajstić information content (AvgIpc) is 0.811. The van der Waals surface area contributed by atoms with Crippen molar-refractivity contribution in [2.75, 3.05) is 0 Å². The summed E-state index contributed by atoms with van der Waals surface area (Å²) >= 11 is 0. The van der Waals surface area contributed by atoms with Crippen LogP contribution >= 0.6 is 0 Å². The Bertz CT molecular complexity index is 15.5. The van der Waals surface area contributed by atoms with E-state index in [-0.39, 0.29) is 27.2 Å². The minimum absolute atomic E-state index is 0. The Morgan fingerprint density at radius 2 is 1.00 bits per heavy atom. The molecule has 0 aromatic rings. The smallest absolute Gasteiger partial charge is 0.907 e. The van der Waals surface area contributed by atoms with Crippen LogP contribution in [-0.2, 0) is 21.1 Å². The van der Waals surface area contributed by atoms with Crippen LogP contribution in [0.4, 0.5) is 0 Å². The molecule has 0 aliphatic heterocycles. The maximum atomic E-state index is 8.42. The Balaban J connectivity index is -0.0000000450. The molecule has 0 heterocycles. The molecule has 0 spiro atoms. The standard InChI is InChI=1S/BO3.Mo.H3N/c2-1(3)4;;/h;;1H3/q-3;+2;/p+1. The van der Waals surface area contributed by atoms with Gasteiger partial charge in [-0.3, -0.25) is 7.32 Å². The second-order valence-corrected chi connectivity index (χ2v) is 0.289. The summed E-state index contributed by atoms with van der Waals surface area (Å²) in [6.45, 7) is 0. The second-order valence-electron chi connectivity index (χ2n) is 0.289. The fourth-order valence-corrected chi connectivity index (χ4v) is 0. The molecule has 0 bridgehead atoms. The van der Waals surface area contributed by atoms with E-state index in [9.17, 15) is 0 Å². The zero-order valence-electron chi connectivity index (χ0n) is 3.21. The molecule has 0 saturated carbocycles. The quantitative estimate of drug-likeness (QED) is 0.382. The molecular formula is H4BMoNO3. The first-order valence-corrected chi connectivity index (χ1v) is 0.707. The van der Waals surface area contributed by atoms with Crippen LogP contribution in [0.2, 0.25) is 0 Å². The predicted molar refractivity (Wildman–Crippen MR) is 11.7 cm³/mol. The maximum Gasteiger partial charge on any atom is 2.00 e. The average molecular weight is 173 g/mol. The van der Waals surface area contributed by atoms with Gasteiger partial charge >= 0.3 is 21.1 Å². The van der Waals surface area contributed by atoms with Crippen molar-refractivity contribution in [3.63, 3.8) is 0 Å². The maximum absolute atomic E-state index is 8.42. The molecule has 0 aliphatic rings. The van der Waals surface area contributed by atoms with Crippen LogP contribution in [0.15, 0.2) is 0 Å². The summed E-state index contributed by atoms with van der Waals surface area (Å²) in [5, 5.41) is 25.2. The molecule has 6 heavy (non-hydrogen) atoms. The number of hydrogen-bond acceptors (Lipinski definition) is 3. The Labute approximate surface area is 50.2 Å². The van der Waals surface area contributed by atoms with Crippen LogP contribution in [0.5, 0.6) is 0 Å². The molecule has 0 aliphatic carbocycles. The minimum Gasteiger partial charge on any atom is -0.907 e. The fourth-order valence-electron chi connectivity index (χ4n) is 0. The van der Waals surface area contributed by atoms with E-state index in [1.54, 1.807) is 0 Å². The number of rotatable bonds is 0. The molecule has 6 heteroatoms. The van der Waals surface area contributed by atoms with Crippen molar-refractivity contribution in [2.45, 2.75) is 0 Å². The van der Waals surface area contributed by atoms with Crippen molar-refractivity contribution in [1.29, 1.82) is 0 Å². The monoisotopic (exact) mass is 175 g/mol. The Hall–Kier alpha value is 0.593. The molecular weight excluding hydrogens is 169 g/mol. The van der Waals surface area contributed by atoms with Gasteiger partial charge in [-0.25, -0.2) is 0 Å². The molecule has 0 amide bonds. The molecule has 0 radical (unpaired) electrons. The molecule has 0 rings (SSSR count). The molecule has 0 fully saturated rings. The molecule has 36 valence electrons. The third-order valence-corrected chi connectivity index (χ3v) is 0. The third-order valence-electron chi connectivity index (χ3n) is 0. The van der Waals surface area contributed by atoms with E-state index < -0.39 is 7.32 Å². The van der Waals surface area contributed by atoms with Crippen LogP contribution in [0, 0.1) is 0 Å². The second kappa shape index (κ2) is 9.14. The van der Waals surface area contributed by atoms with E-state index in [2.05, 4.69) is 0 Å². The van der Waals surface area contributed by atoms with Crippen molar-refractivity contribution in [3.05, 3.63) is 0 Å². The van der Waals surface area contributed by atoms with E-state index in [4.69, 9.17) is 15.1 Å². The summed E-state index contributed by atoms with van der Waals surface area (Å²) in [6, 6.07) is 0. The minimum atomic E-state index is -2.92. The molecule has 0 unspecified atom stereocenters. The van der Waals surface area contributed by atoms with Crippen molar-refractivity contribution in [2.24, 2.45) is 0 Å². The van der Waals surface area contributed by atoms with Crippen molar-refractivity contribution in [1.82, 2.24) is 6.15 Å². The van der Waals surface area contributed by atoms with E-state index in [0.717, 1.165) is 0 Å². The Morgan fingerprint density at radius 1 is 1.00 bits per heavy atom. The van der Waals surface area contributed by atoms with Gasteiger partial charge in [0.2, 0.25) is 0 Å². The summed E-state index contributed by atoms with van der Waals surface area (Å²) in [6.07, 6.45) is 0. The van der Waals surface area contributed by atoms with E-state index in [1.807, 2.05) is 0 Å². The zero-order valence-corrected chi connectivity index (χ0v) is 5.22. The van der Waals surface area contributed by atoms with Gasteiger partial charge in [0.1, 0.15) is 0 Å². The van der Waals surface area contributed by atoms with Gasteiger partial charge in [0.25, 0.3) is 0 Å². The van der Waals surface area contributed by atoms with Crippen LogP contribution < -0.4 is 21.2 Å². The van der Waals surface area contributed by atoms with Gasteiger partial charge in [0.05, 0.1) is 0 Å². The van der Waals surface area contributed by atoms with Crippen molar-refractivity contribution < 1.29 is 36.1 Å². The third kappa shape index (κ3) is 169. The Morgan fingerprint density at radius 3 is 1.00 bits per heavy atom. The van der Waals surface area contributed by atoms with Crippen LogP contribution in [0.3, 0.4) is 0 Å². The van der Waals surface area contributed by atoms with Crippen molar-refractivity contribution >= 4 is 7.32 Å². The van der Waals surface area contributed by atoms with Crippen LogP contribution in [-0.4, -0.2) is 7.32 Å². The molecule has 0 aromatic heterocycles. The van der Waals surface area contributed by atoms with Crippen LogP contribution in [0.1, 0.15) is 0 Å². The van der Waals surface area contributed by atoms with Gasteiger partial charge in [-0.2, -0.15) is 0 Å². The summed E-state index contributed by atoms with van der Waals surface area (Å²) in [4.78, 5) is 0. The normalized spacial score (nSPS) is 4.50. The van der Waals surface area contributed by atoms with Gasteiger partial charge < -0.3 is 21.2 Å². The van der Waals surface area contributed by atoms with Crippen LogP contribution in [0.25, 0.3) is 0 Å². The van der Waals surface area contributed by atoms with E-state index in [0.29, 0.717) is 0 Å². The molecule has 4 nitrogen and oxygen atoms in total. The first kappa shape index (κ1) is 16.0. The topological polar surface area (TPSA) is 106 Å².